The molecule has 4 aromatic heterocycles. The quantitative estimate of drug-likeness (QED) is 0.200. The zero-order valence-electron chi connectivity index (χ0n) is 25.9. The molecule has 0 spiro atoms. The number of benzene rings is 2. The van der Waals surface area contributed by atoms with E-state index < -0.39 is 0 Å². The molecule has 2 aliphatic rings. The first-order valence-electron chi connectivity index (χ1n) is 15.6. The summed E-state index contributed by atoms with van der Waals surface area (Å²) >= 11 is 0. The average Bonchev–Trinajstić information content (AvgIpc) is 3.77. The Morgan fingerprint density at radius 2 is 1.33 bits per heavy atom. The van der Waals surface area contributed by atoms with Gasteiger partial charge < -0.3 is 8.98 Å². The van der Waals surface area contributed by atoms with Crippen LogP contribution < -0.4 is 0 Å². The molecule has 0 fully saturated rings. The van der Waals surface area contributed by atoms with Crippen molar-refractivity contribution in [1.82, 2.24) is 24.5 Å². The van der Waals surface area contributed by atoms with Gasteiger partial charge in [0.25, 0.3) is 0 Å². The van der Waals surface area contributed by atoms with Crippen LogP contribution in [0.3, 0.4) is 0 Å². The van der Waals surface area contributed by atoms with Crippen LogP contribution in [0, 0.1) is 13.8 Å². The maximum absolute atomic E-state index is 11.9. The van der Waals surface area contributed by atoms with Gasteiger partial charge in [0.05, 0.1) is 29.6 Å². The maximum Gasteiger partial charge on any atom is 0.245 e. The van der Waals surface area contributed by atoms with Crippen LogP contribution in [-0.2, 0) is 12.8 Å². The minimum atomic E-state index is 0.179. The monoisotopic (exact) mass is 607 g/mol. The number of hydrogen-bond acceptors (Lipinski definition) is 7. The average molecular weight is 608 g/mol. The van der Waals surface area contributed by atoms with E-state index in [-0.39, 0.29) is 11.6 Å². The zero-order chi connectivity index (χ0) is 31.6. The normalized spacial score (nSPS) is 13.9. The molecule has 6 aromatic rings. The largest absolute Gasteiger partial charge is 0.435 e. The lowest BCUT2D eigenvalue weighted by atomic mass is 9.94. The minimum Gasteiger partial charge on any atom is -0.435 e. The van der Waals surface area contributed by atoms with Crippen LogP contribution in [0.4, 0.5) is 0 Å². The van der Waals surface area contributed by atoms with Crippen molar-refractivity contribution in [3.05, 3.63) is 125 Å². The molecule has 0 unspecified atom stereocenters. The zero-order valence-corrected chi connectivity index (χ0v) is 25.9. The molecule has 228 valence electrons. The number of pyridine rings is 2. The van der Waals surface area contributed by atoms with Gasteiger partial charge in [0.15, 0.2) is 17.3 Å². The molecule has 4 heterocycles. The summed E-state index contributed by atoms with van der Waals surface area (Å²) < 4.78 is 7.86. The molecule has 0 radical (unpaired) electrons. The first-order valence-corrected chi connectivity index (χ1v) is 15.6. The number of carbonyl (C=O) groups is 2. The smallest absolute Gasteiger partial charge is 0.245 e. The number of aryl methyl sites for hydroxylation is 4. The van der Waals surface area contributed by atoms with Crippen molar-refractivity contribution in [3.63, 3.8) is 0 Å². The van der Waals surface area contributed by atoms with E-state index in [2.05, 4.69) is 51.1 Å². The van der Waals surface area contributed by atoms with Gasteiger partial charge in [0.2, 0.25) is 5.89 Å². The summed E-state index contributed by atoms with van der Waals surface area (Å²) in [6.07, 6.45) is 10.2. The fourth-order valence-electron chi connectivity index (χ4n) is 5.96. The molecular weight excluding hydrogens is 574 g/mol. The molecule has 0 N–H and O–H groups in total. The van der Waals surface area contributed by atoms with Crippen LogP contribution in [0.15, 0.2) is 95.9 Å². The number of nitrogens with zero attached hydrogens (tertiary/aromatic N) is 5. The van der Waals surface area contributed by atoms with Crippen molar-refractivity contribution in [1.29, 1.82) is 0 Å². The summed E-state index contributed by atoms with van der Waals surface area (Å²) in [5.74, 6) is 1.59. The Morgan fingerprint density at radius 3 is 2.02 bits per heavy atom. The second-order valence-corrected chi connectivity index (χ2v) is 11.8. The highest BCUT2D eigenvalue weighted by atomic mass is 16.4. The molecule has 0 saturated carbocycles. The van der Waals surface area contributed by atoms with Gasteiger partial charge >= 0.3 is 0 Å². The van der Waals surface area contributed by atoms with E-state index in [1.165, 1.54) is 11.1 Å². The minimum absolute atomic E-state index is 0.179. The van der Waals surface area contributed by atoms with E-state index >= 15 is 0 Å². The van der Waals surface area contributed by atoms with Crippen molar-refractivity contribution in [2.45, 2.75) is 52.4 Å². The van der Waals surface area contributed by atoms with Crippen LogP contribution >= 0.6 is 0 Å². The fourth-order valence-corrected chi connectivity index (χ4v) is 5.96. The lowest BCUT2D eigenvalue weighted by molar-refractivity contribution is 0.0963. The van der Waals surface area contributed by atoms with E-state index in [0.29, 0.717) is 24.4 Å². The molecule has 8 heteroatoms. The predicted molar refractivity (Wildman–Crippen MR) is 176 cm³/mol. The van der Waals surface area contributed by atoms with Crippen LogP contribution in [-0.4, -0.2) is 36.1 Å². The highest BCUT2D eigenvalue weighted by Crippen LogP contribution is 2.28. The van der Waals surface area contributed by atoms with Crippen molar-refractivity contribution in [2.75, 3.05) is 0 Å². The van der Waals surface area contributed by atoms with Gasteiger partial charge in [-0.05, 0) is 87.6 Å². The van der Waals surface area contributed by atoms with E-state index in [1.807, 2.05) is 66.2 Å². The van der Waals surface area contributed by atoms with E-state index in [1.54, 1.807) is 12.5 Å². The fraction of sp³-hybridized carbons (Fsp3) is 0.211. The van der Waals surface area contributed by atoms with E-state index in [0.717, 1.165) is 76.6 Å². The molecule has 0 amide bonds. The summed E-state index contributed by atoms with van der Waals surface area (Å²) in [7, 11) is 0. The van der Waals surface area contributed by atoms with Crippen molar-refractivity contribution in [2.24, 2.45) is 0 Å². The summed E-state index contributed by atoms with van der Waals surface area (Å²) in [5, 5.41) is 0. The second kappa shape index (κ2) is 12.5. The molecule has 0 atom stereocenters. The number of carbonyl (C=O) groups excluding carboxylic acids is 2. The molecule has 46 heavy (non-hydrogen) atoms. The lowest BCUT2D eigenvalue weighted by Crippen LogP contribution is -2.12. The standard InChI is InChI=1S/C19H17N3O.C19H16N2O2/c1-13-4-2-5-14(10-13)22-11-18(20-12-22)17-9-8-15-16(21-17)6-3-7-19(15)23;1-12-4-2-5-13(10-12)18-11-20-19(23-18)16-9-8-14-15(21-16)6-3-7-17(14)22/h2,4-5,8-12H,3,6-7H2,1H3;2,4-5,8-11H,3,6-7H2,1H3. The first kappa shape index (κ1) is 29.2. The summed E-state index contributed by atoms with van der Waals surface area (Å²) in [4.78, 5) is 41.8. The molecule has 2 aromatic carbocycles. The number of hydrogen-bond donors (Lipinski definition) is 0. The molecule has 0 aliphatic heterocycles. The van der Waals surface area contributed by atoms with E-state index in [9.17, 15) is 9.59 Å². The van der Waals surface area contributed by atoms with Gasteiger partial charge in [0.1, 0.15) is 11.4 Å². The van der Waals surface area contributed by atoms with Gasteiger partial charge in [-0.3, -0.25) is 14.6 Å². The third kappa shape index (κ3) is 6.06. The van der Waals surface area contributed by atoms with Gasteiger partial charge in [-0.15, -0.1) is 0 Å². The Bertz CT molecular complexity index is 1940. The van der Waals surface area contributed by atoms with Gasteiger partial charge in [-0.2, -0.15) is 0 Å². The Morgan fingerprint density at radius 1 is 0.674 bits per heavy atom. The number of aromatic nitrogens is 5. The van der Waals surface area contributed by atoms with Crippen LogP contribution in [0.5, 0.6) is 0 Å². The number of ketones is 2. The summed E-state index contributed by atoms with van der Waals surface area (Å²) in [6.45, 7) is 4.12. The first-order chi connectivity index (χ1) is 22.4. The maximum atomic E-state index is 11.9. The Kier molecular flexibility index (Phi) is 7.93. The van der Waals surface area contributed by atoms with Crippen LogP contribution in [0.1, 0.15) is 68.9 Å². The lowest BCUT2D eigenvalue weighted by Gasteiger charge is -2.13. The second-order valence-electron chi connectivity index (χ2n) is 11.8. The molecule has 2 aliphatic carbocycles. The van der Waals surface area contributed by atoms with Crippen molar-refractivity contribution >= 4 is 11.6 Å². The molecular formula is C38H33N5O3. The van der Waals surface area contributed by atoms with Crippen molar-refractivity contribution in [3.8, 4) is 40.0 Å². The number of Topliss-reactive ketones (excluding diaryl/α,β-unsaturated/α-hetero) is 2. The number of fused-ring (bicyclic) bond motifs is 2. The predicted octanol–water partition coefficient (Wildman–Crippen LogP) is 7.99. The Labute approximate surface area is 267 Å². The third-order valence-corrected chi connectivity index (χ3v) is 8.36. The number of rotatable bonds is 4. The highest BCUT2D eigenvalue weighted by Gasteiger charge is 2.21. The molecule has 8 rings (SSSR count). The van der Waals surface area contributed by atoms with Gasteiger partial charge in [0, 0.05) is 41.4 Å². The Balaban J connectivity index is 0.000000147. The molecule has 8 nitrogen and oxygen atoms in total. The highest BCUT2D eigenvalue weighted by molar-refractivity contribution is 5.98. The number of oxazole rings is 1. The van der Waals surface area contributed by atoms with Gasteiger partial charge in [-0.1, -0.05) is 35.9 Å². The number of imidazole rings is 1. The molecule has 0 bridgehead atoms. The van der Waals surface area contributed by atoms with Crippen LogP contribution in [0.25, 0.3) is 40.0 Å². The molecule has 0 saturated heterocycles. The van der Waals surface area contributed by atoms with Crippen molar-refractivity contribution < 1.29 is 14.0 Å². The van der Waals surface area contributed by atoms with Gasteiger partial charge in [-0.25, -0.2) is 15.0 Å². The van der Waals surface area contributed by atoms with Crippen LogP contribution in [0.2, 0.25) is 0 Å². The third-order valence-electron chi connectivity index (χ3n) is 8.36. The summed E-state index contributed by atoms with van der Waals surface area (Å²) in [5.41, 5.74) is 10.1. The SMILES string of the molecule is Cc1cccc(-c2cnc(-c3ccc4c(n3)CCCC4=O)o2)c1.Cc1cccc(-n2cnc(-c3ccc4c(n3)CCCC4=O)c2)c1. The summed E-state index contributed by atoms with van der Waals surface area (Å²) in [6, 6.07) is 23.8. The topological polar surface area (TPSA) is 104 Å². The Hall–Kier alpha value is -5.50. The van der Waals surface area contributed by atoms with E-state index in [4.69, 9.17) is 4.42 Å².